The molecule has 0 aliphatic carbocycles. The highest BCUT2D eigenvalue weighted by molar-refractivity contribution is 9.10. The Morgan fingerprint density at radius 2 is 1.72 bits per heavy atom. The standard InChI is InChI=1S/C15H24BrNO/c1-2-3-4-5-6-7-8-11-18-13-9-10-15(17)14(16)12-13/h9-10,12H,2-8,11,17H2,1H3. The minimum absolute atomic E-state index is 0.748. The van der Waals surface area contributed by atoms with E-state index in [0.717, 1.165) is 28.9 Å². The van der Waals surface area contributed by atoms with Crippen LogP contribution >= 0.6 is 15.9 Å². The maximum atomic E-state index is 5.72. The molecule has 0 amide bonds. The molecular formula is C15H24BrNO. The molecule has 2 N–H and O–H groups in total. The van der Waals surface area contributed by atoms with Crippen LogP contribution in [-0.2, 0) is 0 Å². The third kappa shape index (κ3) is 6.29. The Bertz CT molecular complexity index is 341. The van der Waals surface area contributed by atoms with Crippen molar-refractivity contribution < 1.29 is 4.74 Å². The van der Waals surface area contributed by atoms with Gasteiger partial charge in [-0.2, -0.15) is 0 Å². The summed E-state index contributed by atoms with van der Waals surface area (Å²) in [6.45, 7) is 3.04. The molecule has 102 valence electrons. The minimum Gasteiger partial charge on any atom is -0.494 e. The molecule has 0 saturated carbocycles. The van der Waals surface area contributed by atoms with Crippen molar-refractivity contribution in [3.05, 3.63) is 22.7 Å². The van der Waals surface area contributed by atoms with Gasteiger partial charge in [0.15, 0.2) is 0 Å². The predicted octanol–water partition coefficient (Wildman–Crippen LogP) is 5.16. The van der Waals surface area contributed by atoms with Crippen molar-refractivity contribution in [2.24, 2.45) is 0 Å². The molecule has 0 aliphatic heterocycles. The summed E-state index contributed by atoms with van der Waals surface area (Å²) in [5.41, 5.74) is 6.47. The molecule has 1 aromatic rings. The van der Waals surface area contributed by atoms with Gasteiger partial charge >= 0.3 is 0 Å². The van der Waals surface area contributed by atoms with Gasteiger partial charge in [-0.3, -0.25) is 0 Å². The number of rotatable bonds is 9. The van der Waals surface area contributed by atoms with Crippen molar-refractivity contribution in [2.45, 2.75) is 51.9 Å². The third-order valence-electron chi connectivity index (χ3n) is 2.99. The normalized spacial score (nSPS) is 10.6. The third-order valence-corrected chi connectivity index (χ3v) is 3.68. The van der Waals surface area contributed by atoms with Gasteiger partial charge in [-0.15, -0.1) is 0 Å². The number of nitrogens with two attached hydrogens (primary N) is 1. The number of benzene rings is 1. The van der Waals surface area contributed by atoms with E-state index in [4.69, 9.17) is 10.5 Å². The average Bonchev–Trinajstić information content (AvgIpc) is 2.37. The molecule has 2 nitrogen and oxygen atoms in total. The van der Waals surface area contributed by atoms with E-state index >= 15 is 0 Å². The lowest BCUT2D eigenvalue weighted by Gasteiger charge is -2.07. The van der Waals surface area contributed by atoms with Crippen molar-refractivity contribution in [3.8, 4) is 5.75 Å². The molecule has 0 fully saturated rings. The summed E-state index contributed by atoms with van der Waals surface area (Å²) in [5.74, 6) is 0.891. The summed E-state index contributed by atoms with van der Waals surface area (Å²) in [6, 6.07) is 5.71. The van der Waals surface area contributed by atoms with Crippen molar-refractivity contribution in [2.75, 3.05) is 12.3 Å². The second-order valence-corrected chi connectivity index (χ2v) is 5.51. The van der Waals surface area contributed by atoms with Gasteiger partial charge in [0.05, 0.1) is 6.61 Å². The van der Waals surface area contributed by atoms with E-state index in [1.807, 2.05) is 18.2 Å². The van der Waals surface area contributed by atoms with Gasteiger partial charge in [-0.05, 0) is 40.5 Å². The van der Waals surface area contributed by atoms with Crippen LogP contribution in [0.15, 0.2) is 22.7 Å². The maximum absolute atomic E-state index is 5.72. The summed E-state index contributed by atoms with van der Waals surface area (Å²) in [4.78, 5) is 0. The second-order valence-electron chi connectivity index (χ2n) is 4.65. The largest absolute Gasteiger partial charge is 0.494 e. The highest BCUT2D eigenvalue weighted by Crippen LogP contribution is 2.24. The van der Waals surface area contributed by atoms with Crippen molar-refractivity contribution in [1.82, 2.24) is 0 Å². The van der Waals surface area contributed by atoms with Crippen LogP contribution in [0.25, 0.3) is 0 Å². The summed E-state index contributed by atoms with van der Waals surface area (Å²) in [5, 5.41) is 0. The molecule has 3 heteroatoms. The summed E-state index contributed by atoms with van der Waals surface area (Å²) >= 11 is 3.40. The van der Waals surface area contributed by atoms with Gasteiger partial charge in [0.25, 0.3) is 0 Å². The summed E-state index contributed by atoms with van der Waals surface area (Å²) in [7, 11) is 0. The van der Waals surface area contributed by atoms with E-state index in [1.54, 1.807) is 0 Å². The van der Waals surface area contributed by atoms with Crippen LogP contribution in [0.4, 0.5) is 5.69 Å². The van der Waals surface area contributed by atoms with Gasteiger partial charge in [0.1, 0.15) is 5.75 Å². The predicted molar refractivity (Wildman–Crippen MR) is 82.0 cm³/mol. The van der Waals surface area contributed by atoms with E-state index in [2.05, 4.69) is 22.9 Å². The minimum atomic E-state index is 0.748. The number of hydrogen-bond donors (Lipinski definition) is 1. The first-order chi connectivity index (χ1) is 8.74. The summed E-state index contributed by atoms with van der Waals surface area (Å²) < 4.78 is 6.59. The fourth-order valence-corrected chi connectivity index (χ4v) is 2.20. The monoisotopic (exact) mass is 313 g/mol. The van der Waals surface area contributed by atoms with Gasteiger partial charge in [0.2, 0.25) is 0 Å². The first-order valence-electron chi connectivity index (χ1n) is 6.92. The van der Waals surface area contributed by atoms with E-state index in [1.165, 1.54) is 38.5 Å². The fourth-order valence-electron chi connectivity index (χ4n) is 1.85. The van der Waals surface area contributed by atoms with Gasteiger partial charge < -0.3 is 10.5 Å². The Morgan fingerprint density at radius 3 is 2.39 bits per heavy atom. The Kier molecular flexibility index (Phi) is 7.90. The number of nitrogen functional groups attached to an aromatic ring is 1. The molecular weight excluding hydrogens is 290 g/mol. The number of unbranched alkanes of at least 4 members (excludes halogenated alkanes) is 6. The van der Waals surface area contributed by atoms with E-state index in [-0.39, 0.29) is 0 Å². The molecule has 0 aliphatic rings. The molecule has 1 rings (SSSR count). The molecule has 0 saturated heterocycles. The Labute approximate surface area is 119 Å². The van der Waals surface area contributed by atoms with Gasteiger partial charge in [-0.1, -0.05) is 45.4 Å². The Hall–Kier alpha value is -0.700. The molecule has 0 heterocycles. The zero-order valence-electron chi connectivity index (χ0n) is 11.3. The smallest absolute Gasteiger partial charge is 0.120 e. The number of halogens is 1. The number of hydrogen-bond acceptors (Lipinski definition) is 2. The zero-order valence-corrected chi connectivity index (χ0v) is 12.8. The maximum Gasteiger partial charge on any atom is 0.120 e. The molecule has 0 bridgehead atoms. The molecule has 0 unspecified atom stereocenters. The lowest BCUT2D eigenvalue weighted by molar-refractivity contribution is 0.304. The highest BCUT2D eigenvalue weighted by atomic mass is 79.9. The number of anilines is 1. The first-order valence-corrected chi connectivity index (χ1v) is 7.71. The molecule has 0 spiro atoms. The van der Waals surface area contributed by atoms with Gasteiger partial charge in [0, 0.05) is 10.2 Å². The van der Waals surface area contributed by atoms with Crippen LogP contribution in [0, 0.1) is 0 Å². The lowest BCUT2D eigenvalue weighted by atomic mass is 10.1. The van der Waals surface area contributed by atoms with Crippen LogP contribution in [-0.4, -0.2) is 6.61 Å². The molecule has 0 radical (unpaired) electrons. The zero-order chi connectivity index (χ0) is 13.2. The number of ether oxygens (including phenoxy) is 1. The van der Waals surface area contributed by atoms with Crippen LogP contribution in [0.5, 0.6) is 5.75 Å². The molecule has 0 atom stereocenters. The van der Waals surface area contributed by atoms with E-state index in [9.17, 15) is 0 Å². The Balaban J connectivity index is 2.05. The Morgan fingerprint density at radius 1 is 1.06 bits per heavy atom. The first kappa shape index (κ1) is 15.4. The van der Waals surface area contributed by atoms with Crippen LogP contribution in [0.2, 0.25) is 0 Å². The highest BCUT2D eigenvalue weighted by Gasteiger charge is 1.98. The average molecular weight is 314 g/mol. The van der Waals surface area contributed by atoms with Crippen molar-refractivity contribution >= 4 is 21.6 Å². The van der Waals surface area contributed by atoms with Crippen molar-refractivity contribution in [3.63, 3.8) is 0 Å². The van der Waals surface area contributed by atoms with E-state index in [0.29, 0.717) is 0 Å². The van der Waals surface area contributed by atoms with E-state index < -0.39 is 0 Å². The van der Waals surface area contributed by atoms with Crippen LogP contribution in [0.1, 0.15) is 51.9 Å². The topological polar surface area (TPSA) is 35.2 Å². The van der Waals surface area contributed by atoms with Crippen molar-refractivity contribution in [1.29, 1.82) is 0 Å². The fraction of sp³-hybridized carbons (Fsp3) is 0.600. The molecule has 0 aromatic heterocycles. The lowest BCUT2D eigenvalue weighted by Crippen LogP contribution is -1.98. The summed E-state index contributed by atoms with van der Waals surface area (Å²) in [6.07, 6.45) is 9.15. The van der Waals surface area contributed by atoms with Crippen LogP contribution in [0.3, 0.4) is 0 Å². The van der Waals surface area contributed by atoms with Crippen LogP contribution < -0.4 is 10.5 Å². The SMILES string of the molecule is CCCCCCCCCOc1ccc(N)c(Br)c1. The second kappa shape index (κ2) is 9.26. The molecule has 1 aromatic carbocycles. The molecule has 18 heavy (non-hydrogen) atoms. The van der Waals surface area contributed by atoms with Gasteiger partial charge in [-0.25, -0.2) is 0 Å². The quantitative estimate of drug-likeness (QED) is 0.504.